The van der Waals surface area contributed by atoms with Crippen LogP contribution < -0.4 is 10.1 Å². The Kier molecular flexibility index (Phi) is 4.72. The SMILES string of the molecule is CCC(=O)N1CC2(CCN(C(=O)Nc3ccc(OC(F)(F)F)cc3)C2)C1. The molecule has 0 unspecified atom stereocenters. The van der Waals surface area contributed by atoms with Gasteiger partial charge in [0.1, 0.15) is 5.75 Å². The Bertz CT molecular complexity index is 685. The maximum absolute atomic E-state index is 12.4. The van der Waals surface area contributed by atoms with E-state index in [4.69, 9.17) is 0 Å². The zero-order chi connectivity index (χ0) is 18.9. The number of likely N-dealkylation sites (tertiary alicyclic amines) is 2. The van der Waals surface area contributed by atoms with Gasteiger partial charge in [-0.15, -0.1) is 13.2 Å². The molecule has 2 aliphatic heterocycles. The molecule has 3 rings (SSSR count). The third-order valence-electron chi connectivity index (χ3n) is 4.77. The molecule has 1 aromatic rings. The molecule has 2 fully saturated rings. The van der Waals surface area contributed by atoms with E-state index in [1.807, 2.05) is 6.92 Å². The van der Waals surface area contributed by atoms with Crippen molar-refractivity contribution in [2.24, 2.45) is 5.41 Å². The molecule has 6 nitrogen and oxygen atoms in total. The van der Waals surface area contributed by atoms with Crippen LogP contribution in [-0.2, 0) is 4.79 Å². The fourth-order valence-electron chi connectivity index (χ4n) is 3.47. The molecular weight excluding hydrogens is 351 g/mol. The van der Waals surface area contributed by atoms with Gasteiger partial charge in [-0.3, -0.25) is 4.79 Å². The zero-order valence-corrected chi connectivity index (χ0v) is 14.3. The Morgan fingerprint density at radius 2 is 1.77 bits per heavy atom. The highest BCUT2D eigenvalue weighted by Crippen LogP contribution is 2.40. The van der Waals surface area contributed by atoms with Crippen LogP contribution in [0.2, 0.25) is 0 Å². The lowest BCUT2D eigenvalue weighted by atomic mass is 9.79. The van der Waals surface area contributed by atoms with Gasteiger partial charge in [0.2, 0.25) is 5.91 Å². The summed E-state index contributed by atoms with van der Waals surface area (Å²) in [6, 6.07) is 4.71. The largest absolute Gasteiger partial charge is 0.573 e. The van der Waals surface area contributed by atoms with Gasteiger partial charge in [-0.25, -0.2) is 4.79 Å². The highest BCUT2D eigenvalue weighted by atomic mass is 19.4. The quantitative estimate of drug-likeness (QED) is 0.888. The third kappa shape index (κ3) is 4.03. The summed E-state index contributed by atoms with van der Waals surface area (Å²) >= 11 is 0. The second-order valence-electron chi connectivity index (χ2n) is 6.78. The number of urea groups is 1. The van der Waals surface area contributed by atoms with E-state index in [0.717, 1.165) is 18.6 Å². The predicted octanol–water partition coefficient (Wildman–Crippen LogP) is 3.06. The van der Waals surface area contributed by atoms with Crippen LogP contribution in [0.4, 0.5) is 23.7 Å². The first-order valence-corrected chi connectivity index (χ1v) is 8.39. The van der Waals surface area contributed by atoms with E-state index in [0.29, 0.717) is 38.3 Å². The van der Waals surface area contributed by atoms with Gasteiger partial charge in [0, 0.05) is 43.7 Å². The average molecular weight is 371 g/mol. The third-order valence-corrected chi connectivity index (χ3v) is 4.77. The first-order chi connectivity index (χ1) is 12.2. The molecule has 2 aliphatic rings. The molecule has 1 spiro atoms. The van der Waals surface area contributed by atoms with Gasteiger partial charge in [0.15, 0.2) is 0 Å². The van der Waals surface area contributed by atoms with Crippen LogP contribution in [-0.4, -0.2) is 54.3 Å². The van der Waals surface area contributed by atoms with E-state index >= 15 is 0 Å². The smallest absolute Gasteiger partial charge is 0.406 e. The van der Waals surface area contributed by atoms with Crippen molar-refractivity contribution in [3.05, 3.63) is 24.3 Å². The van der Waals surface area contributed by atoms with E-state index in [1.165, 1.54) is 12.1 Å². The number of hydrogen-bond acceptors (Lipinski definition) is 3. The van der Waals surface area contributed by atoms with E-state index in [-0.39, 0.29) is 23.1 Å². The molecule has 0 radical (unpaired) electrons. The van der Waals surface area contributed by atoms with Crippen molar-refractivity contribution in [3.8, 4) is 5.75 Å². The Morgan fingerprint density at radius 3 is 2.35 bits per heavy atom. The van der Waals surface area contributed by atoms with Crippen molar-refractivity contribution in [3.63, 3.8) is 0 Å². The van der Waals surface area contributed by atoms with E-state index < -0.39 is 6.36 Å². The predicted molar refractivity (Wildman–Crippen MR) is 87.6 cm³/mol. The number of benzene rings is 1. The van der Waals surface area contributed by atoms with Crippen molar-refractivity contribution < 1.29 is 27.5 Å². The van der Waals surface area contributed by atoms with Crippen molar-refractivity contribution in [2.45, 2.75) is 26.1 Å². The number of amides is 3. The van der Waals surface area contributed by atoms with Gasteiger partial charge >= 0.3 is 12.4 Å². The van der Waals surface area contributed by atoms with Crippen molar-refractivity contribution >= 4 is 17.6 Å². The second kappa shape index (κ2) is 6.69. The standard InChI is InChI=1S/C17H20F3N3O3/c1-2-14(24)23-10-16(11-23)7-8-22(9-16)15(25)21-12-3-5-13(6-4-12)26-17(18,19)20/h3-6H,2,7-11H2,1H3,(H,21,25). The lowest BCUT2D eigenvalue weighted by molar-refractivity contribution is -0.274. The number of hydrogen-bond donors (Lipinski definition) is 1. The number of anilines is 1. The summed E-state index contributed by atoms with van der Waals surface area (Å²) in [6.07, 6.45) is -3.43. The van der Waals surface area contributed by atoms with Gasteiger partial charge < -0.3 is 19.9 Å². The fraction of sp³-hybridized carbons (Fsp3) is 0.529. The highest BCUT2D eigenvalue weighted by molar-refractivity contribution is 5.89. The molecule has 2 heterocycles. The lowest BCUT2D eigenvalue weighted by Crippen LogP contribution is -2.59. The van der Waals surface area contributed by atoms with Gasteiger partial charge in [-0.2, -0.15) is 0 Å². The van der Waals surface area contributed by atoms with E-state index in [2.05, 4.69) is 10.1 Å². The van der Waals surface area contributed by atoms with Crippen LogP contribution >= 0.6 is 0 Å². The van der Waals surface area contributed by atoms with Crippen molar-refractivity contribution in [1.82, 2.24) is 9.80 Å². The highest BCUT2D eigenvalue weighted by Gasteiger charge is 2.49. The molecule has 9 heteroatoms. The molecule has 142 valence electrons. The van der Waals surface area contributed by atoms with Crippen LogP contribution in [0.1, 0.15) is 19.8 Å². The maximum Gasteiger partial charge on any atom is 0.573 e. The molecule has 0 aromatic heterocycles. The molecule has 0 bridgehead atoms. The number of carbonyl (C=O) groups excluding carboxylic acids is 2. The molecular formula is C17H20F3N3O3. The summed E-state index contributed by atoms with van der Waals surface area (Å²) in [7, 11) is 0. The fourth-order valence-corrected chi connectivity index (χ4v) is 3.47. The number of halogens is 3. The molecule has 0 saturated carbocycles. The van der Waals surface area contributed by atoms with Gasteiger partial charge in [-0.05, 0) is 30.7 Å². The summed E-state index contributed by atoms with van der Waals surface area (Å²) in [6.45, 7) is 4.34. The monoisotopic (exact) mass is 371 g/mol. The minimum absolute atomic E-state index is 0.0213. The molecule has 1 N–H and O–H groups in total. The van der Waals surface area contributed by atoms with Crippen molar-refractivity contribution in [1.29, 1.82) is 0 Å². The zero-order valence-electron chi connectivity index (χ0n) is 14.3. The van der Waals surface area contributed by atoms with Crippen LogP contribution in [0.15, 0.2) is 24.3 Å². The number of rotatable bonds is 3. The Hall–Kier alpha value is -2.45. The average Bonchev–Trinajstić information content (AvgIpc) is 2.99. The Labute approximate surface area is 148 Å². The van der Waals surface area contributed by atoms with Crippen molar-refractivity contribution in [2.75, 3.05) is 31.5 Å². The van der Waals surface area contributed by atoms with E-state index in [1.54, 1.807) is 9.80 Å². The van der Waals surface area contributed by atoms with Crippen LogP contribution in [0.5, 0.6) is 5.75 Å². The molecule has 0 aliphatic carbocycles. The number of ether oxygens (including phenoxy) is 1. The molecule has 3 amide bonds. The van der Waals surface area contributed by atoms with Crippen LogP contribution in [0.3, 0.4) is 0 Å². The molecule has 26 heavy (non-hydrogen) atoms. The van der Waals surface area contributed by atoms with Gasteiger partial charge in [0.25, 0.3) is 0 Å². The number of nitrogens with zero attached hydrogens (tertiary/aromatic N) is 2. The first kappa shape index (κ1) is 18.3. The summed E-state index contributed by atoms with van der Waals surface area (Å²) in [5.41, 5.74) is 0.369. The summed E-state index contributed by atoms with van der Waals surface area (Å²) < 4.78 is 40.2. The van der Waals surface area contributed by atoms with Gasteiger partial charge in [0.05, 0.1) is 0 Å². The Balaban J connectivity index is 1.51. The normalized spacial score (nSPS) is 18.6. The van der Waals surface area contributed by atoms with Crippen LogP contribution in [0.25, 0.3) is 0 Å². The van der Waals surface area contributed by atoms with Crippen LogP contribution in [0, 0.1) is 5.41 Å². The minimum atomic E-state index is -4.75. The van der Waals surface area contributed by atoms with Gasteiger partial charge in [-0.1, -0.05) is 6.92 Å². The molecule has 1 aromatic carbocycles. The first-order valence-electron chi connectivity index (χ1n) is 8.39. The topological polar surface area (TPSA) is 61.9 Å². The minimum Gasteiger partial charge on any atom is -0.406 e. The van der Waals surface area contributed by atoms with E-state index in [9.17, 15) is 22.8 Å². The Morgan fingerprint density at radius 1 is 1.15 bits per heavy atom. The summed E-state index contributed by atoms with van der Waals surface area (Å²) in [5.74, 6) is -0.217. The maximum atomic E-state index is 12.4. The summed E-state index contributed by atoms with van der Waals surface area (Å²) in [4.78, 5) is 27.5. The number of alkyl halides is 3. The number of carbonyl (C=O) groups is 2. The number of nitrogens with one attached hydrogen (secondary N) is 1. The lowest BCUT2D eigenvalue weighted by Gasteiger charge is -2.47. The second-order valence-corrected chi connectivity index (χ2v) is 6.78. The molecule has 0 atom stereocenters. The molecule has 2 saturated heterocycles. The summed E-state index contributed by atoms with van der Waals surface area (Å²) in [5, 5.41) is 2.67.